The van der Waals surface area contributed by atoms with Crippen LogP contribution in [0.25, 0.3) is 0 Å². The van der Waals surface area contributed by atoms with Crippen molar-refractivity contribution >= 4 is 0 Å². The molecule has 0 bridgehead atoms. The monoisotopic (exact) mass is 310 g/mol. The Balaban J connectivity index is 2.59. The Hall–Kier alpha value is -1.30. The Morgan fingerprint density at radius 3 is 1.91 bits per heavy atom. The molecule has 0 saturated carbocycles. The van der Waals surface area contributed by atoms with Crippen molar-refractivity contribution in [2.24, 2.45) is 0 Å². The molecular weight excluding hydrogens is 284 g/mol. The first-order valence-corrected chi connectivity index (χ1v) is 7.76. The molecule has 0 atom stereocenters. The minimum Gasteiger partial charge on any atom is -0.493 e. The van der Waals surface area contributed by atoms with Gasteiger partial charge in [0, 0.05) is 5.56 Å². The predicted octanol–water partition coefficient (Wildman–Crippen LogP) is 2.93. The van der Waals surface area contributed by atoms with E-state index in [1.54, 1.807) is 13.8 Å². The lowest BCUT2D eigenvalue weighted by atomic mass is 9.93. The van der Waals surface area contributed by atoms with Crippen LogP contribution in [0.15, 0.2) is 12.1 Å². The normalized spacial score (nSPS) is 17.5. The van der Waals surface area contributed by atoms with Gasteiger partial charge in [-0.15, -0.1) is 0 Å². The third-order valence-corrected chi connectivity index (χ3v) is 3.64. The third-order valence-electron chi connectivity index (χ3n) is 3.64. The van der Waals surface area contributed by atoms with E-state index in [0.717, 1.165) is 5.56 Å². The molecule has 0 radical (unpaired) electrons. The van der Waals surface area contributed by atoms with E-state index >= 15 is 0 Å². The summed E-state index contributed by atoms with van der Waals surface area (Å²) in [5.74, 6) is 0.378. The second-order valence-corrected chi connectivity index (χ2v) is 5.92. The van der Waals surface area contributed by atoms with Crippen LogP contribution in [-0.4, -0.2) is 31.5 Å². The van der Waals surface area contributed by atoms with Gasteiger partial charge in [-0.1, -0.05) is 0 Å². The molecule has 1 aliphatic rings. The summed E-state index contributed by atoms with van der Waals surface area (Å²) < 4.78 is 22.9. The molecule has 0 aromatic heterocycles. The molecule has 5 heteroatoms. The summed E-state index contributed by atoms with van der Waals surface area (Å²) in [5.41, 5.74) is 0.387. The van der Waals surface area contributed by atoms with E-state index < -0.39 is 11.4 Å². The van der Waals surface area contributed by atoms with Crippen molar-refractivity contribution in [3.63, 3.8) is 0 Å². The molecule has 1 heterocycles. The molecule has 0 spiro atoms. The van der Waals surface area contributed by atoms with E-state index in [2.05, 4.69) is 0 Å². The van der Waals surface area contributed by atoms with Crippen LogP contribution in [0.5, 0.6) is 11.5 Å². The first kappa shape index (κ1) is 17.1. The van der Waals surface area contributed by atoms with Gasteiger partial charge < -0.3 is 24.1 Å². The van der Waals surface area contributed by atoms with Gasteiger partial charge in [0.1, 0.15) is 11.5 Å². The summed E-state index contributed by atoms with van der Waals surface area (Å²) in [6, 6.07) is 3.73. The molecular formula is C17H26O5. The lowest BCUT2D eigenvalue weighted by Gasteiger charge is -2.29. The van der Waals surface area contributed by atoms with E-state index in [9.17, 15) is 5.11 Å². The van der Waals surface area contributed by atoms with Crippen LogP contribution in [0.1, 0.15) is 45.7 Å². The van der Waals surface area contributed by atoms with Gasteiger partial charge in [0.25, 0.3) is 0 Å². The van der Waals surface area contributed by atoms with Crippen LogP contribution in [0.2, 0.25) is 0 Å². The van der Waals surface area contributed by atoms with Gasteiger partial charge in [0.2, 0.25) is 0 Å². The number of ether oxygens (including phenoxy) is 4. The van der Waals surface area contributed by atoms with E-state index in [1.165, 1.54) is 0 Å². The summed E-state index contributed by atoms with van der Waals surface area (Å²) in [6.07, 6.45) is 0. The number of rotatable bonds is 6. The Morgan fingerprint density at radius 2 is 1.55 bits per heavy atom. The smallest absolute Gasteiger partial charge is 0.192 e. The minimum atomic E-state index is -1.08. The number of benzene rings is 1. The van der Waals surface area contributed by atoms with Gasteiger partial charge in [0.15, 0.2) is 5.79 Å². The standard InChI is InChI=1S/C17H26O5/c1-6-19-13-10-12(17(5)21-8-9-22-17)11-14(20-7-2)15(13)16(3,4)18/h10-11,18H,6-9H2,1-5H3. The maximum atomic E-state index is 10.5. The summed E-state index contributed by atoms with van der Waals surface area (Å²) >= 11 is 0. The quantitative estimate of drug-likeness (QED) is 0.875. The minimum absolute atomic E-state index is 0.497. The van der Waals surface area contributed by atoms with Crippen LogP contribution >= 0.6 is 0 Å². The molecule has 1 aromatic carbocycles. The average Bonchev–Trinajstić information content (AvgIpc) is 2.86. The van der Waals surface area contributed by atoms with Crippen molar-refractivity contribution < 1.29 is 24.1 Å². The fraction of sp³-hybridized carbons (Fsp3) is 0.647. The van der Waals surface area contributed by atoms with Gasteiger partial charge in [-0.2, -0.15) is 0 Å². The van der Waals surface area contributed by atoms with Gasteiger partial charge in [-0.3, -0.25) is 0 Å². The topological polar surface area (TPSA) is 57.2 Å². The molecule has 22 heavy (non-hydrogen) atoms. The first-order valence-electron chi connectivity index (χ1n) is 7.76. The van der Waals surface area contributed by atoms with Crippen molar-refractivity contribution in [1.82, 2.24) is 0 Å². The Morgan fingerprint density at radius 1 is 1.09 bits per heavy atom. The van der Waals surface area contributed by atoms with Gasteiger partial charge in [0.05, 0.1) is 37.6 Å². The molecule has 1 N–H and O–H groups in total. The predicted molar refractivity (Wildman–Crippen MR) is 83.3 cm³/mol. The van der Waals surface area contributed by atoms with Crippen molar-refractivity contribution in [3.05, 3.63) is 23.3 Å². The van der Waals surface area contributed by atoms with Crippen molar-refractivity contribution in [1.29, 1.82) is 0 Å². The van der Waals surface area contributed by atoms with Crippen LogP contribution in [0.4, 0.5) is 0 Å². The fourth-order valence-electron chi connectivity index (χ4n) is 2.67. The number of hydrogen-bond donors (Lipinski definition) is 1. The zero-order valence-electron chi connectivity index (χ0n) is 14.1. The lowest BCUT2D eigenvalue weighted by molar-refractivity contribution is -0.150. The number of hydrogen-bond acceptors (Lipinski definition) is 5. The molecule has 124 valence electrons. The van der Waals surface area contributed by atoms with E-state index in [0.29, 0.717) is 43.5 Å². The maximum absolute atomic E-state index is 10.5. The average molecular weight is 310 g/mol. The number of aliphatic hydroxyl groups is 1. The molecule has 0 unspecified atom stereocenters. The van der Waals surface area contributed by atoms with Gasteiger partial charge >= 0.3 is 0 Å². The fourth-order valence-corrected chi connectivity index (χ4v) is 2.67. The second-order valence-electron chi connectivity index (χ2n) is 5.92. The zero-order chi connectivity index (χ0) is 16.4. The summed E-state index contributed by atoms with van der Waals surface area (Å²) in [5, 5.41) is 10.5. The van der Waals surface area contributed by atoms with Gasteiger partial charge in [-0.05, 0) is 46.8 Å². The van der Waals surface area contributed by atoms with Crippen molar-refractivity contribution in [3.8, 4) is 11.5 Å². The van der Waals surface area contributed by atoms with E-state index in [-0.39, 0.29) is 0 Å². The van der Waals surface area contributed by atoms with Crippen LogP contribution < -0.4 is 9.47 Å². The largest absolute Gasteiger partial charge is 0.493 e. The highest BCUT2D eigenvalue weighted by Gasteiger charge is 2.36. The van der Waals surface area contributed by atoms with Gasteiger partial charge in [-0.25, -0.2) is 0 Å². The Labute approximate surface area is 132 Å². The molecule has 1 fully saturated rings. The molecule has 1 aliphatic heterocycles. The Bertz CT molecular complexity index is 485. The zero-order valence-corrected chi connectivity index (χ0v) is 14.1. The Kier molecular flexibility index (Phi) is 5.00. The molecule has 5 nitrogen and oxygen atoms in total. The highest BCUT2D eigenvalue weighted by molar-refractivity contribution is 5.52. The third kappa shape index (κ3) is 3.37. The van der Waals surface area contributed by atoms with E-state index in [1.807, 2.05) is 32.9 Å². The maximum Gasteiger partial charge on any atom is 0.192 e. The molecule has 0 aliphatic carbocycles. The SMILES string of the molecule is CCOc1cc(C2(C)OCCO2)cc(OCC)c1C(C)(C)O. The molecule has 1 saturated heterocycles. The van der Waals surface area contributed by atoms with Crippen LogP contribution in [-0.2, 0) is 20.9 Å². The van der Waals surface area contributed by atoms with Crippen LogP contribution in [0, 0.1) is 0 Å². The van der Waals surface area contributed by atoms with Crippen LogP contribution in [0.3, 0.4) is 0 Å². The van der Waals surface area contributed by atoms with E-state index in [4.69, 9.17) is 18.9 Å². The second kappa shape index (κ2) is 6.44. The first-order chi connectivity index (χ1) is 10.3. The summed E-state index contributed by atoms with van der Waals surface area (Å²) in [4.78, 5) is 0. The van der Waals surface area contributed by atoms with Crippen molar-refractivity contribution in [2.75, 3.05) is 26.4 Å². The molecule has 0 amide bonds. The molecule has 1 aromatic rings. The summed E-state index contributed by atoms with van der Waals surface area (Å²) in [6.45, 7) is 11.2. The summed E-state index contributed by atoms with van der Waals surface area (Å²) in [7, 11) is 0. The molecule has 2 rings (SSSR count). The highest BCUT2D eigenvalue weighted by Crippen LogP contribution is 2.43. The van der Waals surface area contributed by atoms with Crippen molar-refractivity contribution in [2.45, 2.75) is 46.0 Å². The lowest BCUT2D eigenvalue weighted by Crippen LogP contribution is -2.25. The highest BCUT2D eigenvalue weighted by atomic mass is 16.7.